The predicted octanol–water partition coefficient (Wildman–Crippen LogP) is 3.00. The summed E-state index contributed by atoms with van der Waals surface area (Å²) in [6.07, 6.45) is 2.80. The fourth-order valence-corrected chi connectivity index (χ4v) is 3.53. The molecule has 0 bridgehead atoms. The van der Waals surface area contributed by atoms with Gasteiger partial charge in [0.2, 0.25) is 0 Å². The van der Waals surface area contributed by atoms with Crippen LogP contribution in [0.3, 0.4) is 0 Å². The van der Waals surface area contributed by atoms with E-state index < -0.39 is 0 Å². The van der Waals surface area contributed by atoms with Crippen LogP contribution in [0, 0.1) is 0 Å². The second-order valence-corrected chi connectivity index (χ2v) is 5.42. The molecule has 2 saturated heterocycles. The van der Waals surface area contributed by atoms with Crippen molar-refractivity contribution in [3.05, 3.63) is 35.9 Å². The van der Waals surface area contributed by atoms with Crippen molar-refractivity contribution in [2.24, 2.45) is 0 Å². The number of fused-ring (bicyclic) bond motifs is 1. The van der Waals surface area contributed by atoms with Crippen LogP contribution in [0.4, 0.5) is 0 Å². The monoisotopic (exact) mass is 236 g/mol. The third-order valence-corrected chi connectivity index (χ3v) is 4.40. The van der Waals surface area contributed by atoms with Crippen LogP contribution in [0.2, 0.25) is 0 Å². The van der Waals surface area contributed by atoms with Crippen molar-refractivity contribution in [2.75, 3.05) is 12.4 Å². The van der Waals surface area contributed by atoms with Gasteiger partial charge in [-0.2, -0.15) is 0 Å². The highest BCUT2D eigenvalue weighted by molar-refractivity contribution is 7.99. The van der Waals surface area contributed by atoms with E-state index in [0.29, 0.717) is 0 Å². The molecule has 0 saturated carbocycles. The molecule has 2 aliphatic heterocycles. The van der Waals surface area contributed by atoms with Crippen LogP contribution < -0.4 is 0 Å². The lowest BCUT2D eigenvalue weighted by Gasteiger charge is -2.38. The van der Waals surface area contributed by atoms with Crippen molar-refractivity contribution >= 4 is 11.8 Å². The summed E-state index contributed by atoms with van der Waals surface area (Å²) in [5.74, 6) is 1.01. The molecule has 0 aliphatic carbocycles. The molecule has 0 radical (unpaired) electrons. The van der Waals surface area contributed by atoms with Gasteiger partial charge >= 0.3 is 0 Å². The van der Waals surface area contributed by atoms with Crippen LogP contribution in [0.5, 0.6) is 0 Å². The zero-order valence-electron chi connectivity index (χ0n) is 9.17. The highest BCUT2D eigenvalue weighted by atomic mass is 32.2. The number of benzene rings is 1. The second kappa shape index (κ2) is 4.78. The van der Waals surface area contributed by atoms with Gasteiger partial charge in [0, 0.05) is 12.4 Å². The van der Waals surface area contributed by atoms with E-state index in [2.05, 4.69) is 24.3 Å². The average Bonchev–Trinajstić information content (AvgIpc) is 2.39. The normalized spacial score (nSPS) is 34.4. The smallest absolute Gasteiger partial charge is 0.129 e. The van der Waals surface area contributed by atoms with E-state index in [9.17, 15) is 0 Å². The van der Waals surface area contributed by atoms with Crippen molar-refractivity contribution in [1.29, 1.82) is 0 Å². The summed E-state index contributed by atoms with van der Waals surface area (Å²) in [5, 5.41) is 0. The molecule has 3 rings (SSSR count). The summed E-state index contributed by atoms with van der Waals surface area (Å²) in [6, 6.07) is 10.5. The minimum atomic E-state index is 0.245. The lowest BCUT2D eigenvalue weighted by Crippen LogP contribution is -2.39. The molecule has 86 valence electrons. The summed E-state index contributed by atoms with van der Waals surface area (Å²) in [4.78, 5) is 0. The maximum atomic E-state index is 6.13. The number of thioether (sulfide) groups is 1. The number of rotatable bonds is 1. The molecule has 16 heavy (non-hydrogen) atoms. The maximum Gasteiger partial charge on any atom is 0.129 e. The van der Waals surface area contributed by atoms with Crippen LogP contribution >= 0.6 is 11.8 Å². The summed E-state index contributed by atoms with van der Waals surface area (Å²) >= 11 is 1.90. The van der Waals surface area contributed by atoms with Gasteiger partial charge in [0.1, 0.15) is 5.44 Å². The Bertz CT molecular complexity index is 341. The summed E-state index contributed by atoms with van der Waals surface area (Å²) in [7, 11) is 0. The van der Waals surface area contributed by atoms with E-state index in [-0.39, 0.29) is 17.6 Å². The SMILES string of the molecule is c1ccc([C@H]2CS[C@@H]3OCCC[C@H]3O2)cc1. The molecule has 0 amide bonds. The first kappa shape index (κ1) is 10.6. The largest absolute Gasteiger partial charge is 0.366 e. The van der Waals surface area contributed by atoms with E-state index in [1.54, 1.807) is 0 Å². The van der Waals surface area contributed by atoms with Gasteiger partial charge in [0.15, 0.2) is 0 Å². The van der Waals surface area contributed by atoms with Crippen LogP contribution in [-0.2, 0) is 9.47 Å². The minimum Gasteiger partial charge on any atom is -0.366 e. The van der Waals surface area contributed by atoms with Gasteiger partial charge in [-0.1, -0.05) is 30.3 Å². The molecule has 2 fully saturated rings. The van der Waals surface area contributed by atoms with Crippen LogP contribution in [-0.4, -0.2) is 23.9 Å². The highest BCUT2D eigenvalue weighted by Crippen LogP contribution is 2.38. The first-order valence-electron chi connectivity index (χ1n) is 5.87. The van der Waals surface area contributed by atoms with E-state index in [1.165, 1.54) is 5.56 Å². The molecule has 3 atom stereocenters. The van der Waals surface area contributed by atoms with Gasteiger partial charge in [-0.25, -0.2) is 0 Å². The Morgan fingerprint density at radius 1 is 1.19 bits per heavy atom. The number of ether oxygens (including phenoxy) is 2. The quantitative estimate of drug-likeness (QED) is 0.747. The van der Waals surface area contributed by atoms with E-state index in [1.807, 2.05) is 17.8 Å². The van der Waals surface area contributed by atoms with Crippen LogP contribution in [0.25, 0.3) is 0 Å². The van der Waals surface area contributed by atoms with Crippen molar-refractivity contribution in [3.63, 3.8) is 0 Å². The number of hydrogen-bond donors (Lipinski definition) is 0. The third-order valence-electron chi connectivity index (χ3n) is 3.14. The molecule has 3 heteroatoms. The molecule has 0 spiro atoms. The maximum absolute atomic E-state index is 6.13. The van der Waals surface area contributed by atoms with Gasteiger partial charge in [-0.15, -0.1) is 11.8 Å². The molecule has 2 nitrogen and oxygen atoms in total. The Hall–Kier alpha value is -0.510. The first-order chi connectivity index (χ1) is 7.93. The lowest BCUT2D eigenvalue weighted by atomic mass is 10.1. The lowest BCUT2D eigenvalue weighted by molar-refractivity contribution is -0.101. The van der Waals surface area contributed by atoms with E-state index in [4.69, 9.17) is 9.47 Å². The highest BCUT2D eigenvalue weighted by Gasteiger charge is 2.34. The average molecular weight is 236 g/mol. The Morgan fingerprint density at radius 3 is 2.94 bits per heavy atom. The molecular weight excluding hydrogens is 220 g/mol. The van der Waals surface area contributed by atoms with Gasteiger partial charge in [-0.3, -0.25) is 0 Å². The predicted molar refractivity (Wildman–Crippen MR) is 65.5 cm³/mol. The van der Waals surface area contributed by atoms with E-state index >= 15 is 0 Å². The second-order valence-electron chi connectivity index (χ2n) is 4.29. The molecule has 1 aromatic carbocycles. The minimum absolute atomic E-state index is 0.245. The number of hydrogen-bond acceptors (Lipinski definition) is 3. The van der Waals surface area contributed by atoms with Gasteiger partial charge in [0.25, 0.3) is 0 Å². The Labute approximate surface area is 100 Å². The van der Waals surface area contributed by atoms with Crippen molar-refractivity contribution in [2.45, 2.75) is 30.5 Å². The molecule has 2 heterocycles. The summed E-state index contributed by atoms with van der Waals surface area (Å²) < 4.78 is 11.8. The fourth-order valence-electron chi connectivity index (χ4n) is 2.29. The molecule has 0 aromatic heterocycles. The third kappa shape index (κ3) is 2.12. The van der Waals surface area contributed by atoms with Crippen LogP contribution in [0.1, 0.15) is 24.5 Å². The molecule has 2 aliphatic rings. The van der Waals surface area contributed by atoms with E-state index in [0.717, 1.165) is 25.2 Å². The Kier molecular flexibility index (Phi) is 3.18. The zero-order valence-corrected chi connectivity index (χ0v) is 9.99. The first-order valence-corrected chi connectivity index (χ1v) is 6.92. The molecular formula is C13H16O2S. The molecule has 0 N–H and O–H groups in total. The van der Waals surface area contributed by atoms with Gasteiger partial charge in [0.05, 0.1) is 12.2 Å². The zero-order chi connectivity index (χ0) is 10.8. The van der Waals surface area contributed by atoms with Crippen LogP contribution in [0.15, 0.2) is 30.3 Å². The Morgan fingerprint density at radius 2 is 2.06 bits per heavy atom. The molecule has 0 unspecified atom stereocenters. The van der Waals surface area contributed by atoms with Crippen molar-refractivity contribution < 1.29 is 9.47 Å². The fraction of sp³-hybridized carbons (Fsp3) is 0.538. The standard InChI is InChI=1S/C13H16O2S/c1-2-5-10(6-3-1)12-9-16-13-11(15-12)7-4-8-14-13/h1-3,5-6,11-13H,4,7-9H2/t11-,12-,13+/m1/s1. The van der Waals surface area contributed by atoms with Crippen molar-refractivity contribution in [1.82, 2.24) is 0 Å². The van der Waals surface area contributed by atoms with Crippen molar-refractivity contribution in [3.8, 4) is 0 Å². The molecule has 1 aromatic rings. The van der Waals surface area contributed by atoms with Gasteiger partial charge in [-0.05, 0) is 18.4 Å². The Balaban J connectivity index is 1.71. The summed E-state index contributed by atoms with van der Waals surface area (Å²) in [6.45, 7) is 0.896. The summed E-state index contributed by atoms with van der Waals surface area (Å²) in [5.41, 5.74) is 1.56. The van der Waals surface area contributed by atoms with Gasteiger partial charge < -0.3 is 9.47 Å². The topological polar surface area (TPSA) is 18.5 Å².